The Morgan fingerprint density at radius 2 is 1.72 bits per heavy atom. The minimum atomic E-state index is -0.502. The number of fused-ring (bicyclic) bond motifs is 2. The Hall–Kier alpha value is -2.04. The van der Waals surface area contributed by atoms with Crippen molar-refractivity contribution in [2.45, 2.75) is 64.1 Å². The van der Waals surface area contributed by atoms with E-state index >= 15 is 0 Å². The van der Waals surface area contributed by atoms with Gasteiger partial charge in [-0.25, -0.2) is 4.79 Å². The van der Waals surface area contributed by atoms with E-state index < -0.39 is 5.60 Å². The molecule has 0 spiro atoms. The van der Waals surface area contributed by atoms with Gasteiger partial charge in [-0.1, -0.05) is 18.2 Å². The van der Waals surface area contributed by atoms with Crippen LogP contribution < -0.4 is 0 Å². The summed E-state index contributed by atoms with van der Waals surface area (Å²) in [6.45, 7) is 6.85. The summed E-state index contributed by atoms with van der Waals surface area (Å²) < 4.78 is 5.55. The van der Waals surface area contributed by atoms with Gasteiger partial charge in [0, 0.05) is 24.7 Å². The molecule has 136 valence electrons. The summed E-state index contributed by atoms with van der Waals surface area (Å²) in [5.41, 5.74) is 0.225. The molecule has 2 aliphatic rings. The molecule has 2 bridgehead atoms. The zero-order chi connectivity index (χ0) is 18.0. The molecule has 0 unspecified atom stereocenters. The number of nitrogens with zero attached hydrogens (tertiary/aromatic N) is 2. The molecule has 2 fully saturated rings. The molecule has 1 aromatic rings. The summed E-state index contributed by atoms with van der Waals surface area (Å²) in [7, 11) is 0. The normalized spacial score (nSPS) is 23.8. The Balaban J connectivity index is 1.78. The first-order chi connectivity index (χ1) is 11.8. The van der Waals surface area contributed by atoms with E-state index in [9.17, 15) is 9.59 Å². The molecular formula is C20H28N2O3. The highest BCUT2D eigenvalue weighted by atomic mass is 16.6. The lowest BCUT2D eigenvalue weighted by Crippen LogP contribution is -2.51. The van der Waals surface area contributed by atoms with Gasteiger partial charge in [0.1, 0.15) is 5.60 Å². The van der Waals surface area contributed by atoms with Crippen molar-refractivity contribution in [3.63, 3.8) is 0 Å². The maximum atomic E-state index is 13.1. The summed E-state index contributed by atoms with van der Waals surface area (Å²) >= 11 is 0. The van der Waals surface area contributed by atoms with Gasteiger partial charge in [-0.2, -0.15) is 0 Å². The van der Waals surface area contributed by atoms with Crippen LogP contribution in [-0.4, -0.2) is 52.6 Å². The largest absolute Gasteiger partial charge is 0.444 e. The lowest BCUT2D eigenvalue weighted by Gasteiger charge is -2.40. The molecule has 1 aromatic carbocycles. The van der Waals surface area contributed by atoms with Gasteiger partial charge in [0.05, 0.1) is 6.04 Å². The number of piperidine rings is 1. The summed E-state index contributed by atoms with van der Waals surface area (Å²) in [5.74, 6) is 0.0846. The van der Waals surface area contributed by atoms with Crippen LogP contribution in [-0.2, 0) is 4.74 Å². The van der Waals surface area contributed by atoms with Gasteiger partial charge in [0.15, 0.2) is 0 Å². The second-order valence-corrected chi connectivity index (χ2v) is 8.03. The fourth-order valence-corrected chi connectivity index (χ4v) is 3.83. The third-order valence-electron chi connectivity index (χ3n) is 4.93. The van der Waals surface area contributed by atoms with E-state index in [0.29, 0.717) is 13.1 Å². The molecule has 0 N–H and O–H groups in total. The van der Waals surface area contributed by atoms with Crippen LogP contribution in [0.15, 0.2) is 30.3 Å². The number of benzene rings is 1. The van der Waals surface area contributed by atoms with Crippen LogP contribution in [0.1, 0.15) is 56.8 Å². The van der Waals surface area contributed by atoms with Gasteiger partial charge < -0.3 is 14.5 Å². The van der Waals surface area contributed by atoms with Crippen molar-refractivity contribution in [2.75, 3.05) is 13.1 Å². The van der Waals surface area contributed by atoms with Crippen LogP contribution in [0.2, 0.25) is 0 Å². The van der Waals surface area contributed by atoms with E-state index in [1.165, 1.54) is 0 Å². The van der Waals surface area contributed by atoms with E-state index in [1.54, 1.807) is 4.90 Å². The minimum absolute atomic E-state index is 0.0708. The number of hydrogen-bond donors (Lipinski definition) is 0. The molecular weight excluding hydrogens is 316 g/mol. The van der Waals surface area contributed by atoms with Crippen molar-refractivity contribution in [1.29, 1.82) is 0 Å². The number of rotatable bonds is 1. The van der Waals surface area contributed by atoms with Crippen molar-refractivity contribution in [3.05, 3.63) is 35.9 Å². The van der Waals surface area contributed by atoms with Gasteiger partial charge in [-0.05, 0) is 58.6 Å². The third-order valence-corrected chi connectivity index (χ3v) is 4.93. The molecule has 2 saturated heterocycles. The molecule has 0 aromatic heterocycles. The van der Waals surface area contributed by atoms with Crippen LogP contribution in [0.25, 0.3) is 0 Å². The third kappa shape index (κ3) is 4.14. The van der Waals surface area contributed by atoms with Crippen molar-refractivity contribution in [1.82, 2.24) is 9.80 Å². The molecule has 25 heavy (non-hydrogen) atoms. The van der Waals surface area contributed by atoms with Gasteiger partial charge in [-0.15, -0.1) is 0 Å². The molecule has 5 heteroatoms. The number of amides is 2. The predicted octanol–water partition coefficient (Wildman–Crippen LogP) is 3.69. The number of carbonyl (C=O) groups excluding carboxylic acids is 2. The molecule has 3 rings (SSSR count). The predicted molar refractivity (Wildman–Crippen MR) is 96.5 cm³/mol. The molecule has 2 aliphatic heterocycles. The van der Waals surface area contributed by atoms with Crippen LogP contribution in [0.4, 0.5) is 4.79 Å². The highest BCUT2D eigenvalue weighted by Crippen LogP contribution is 2.31. The molecule has 2 atom stereocenters. The Morgan fingerprint density at radius 3 is 2.40 bits per heavy atom. The average Bonchev–Trinajstić information content (AvgIpc) is 2.67. The van der Waals surface area contributed by atoms with Crippen LogP contribution >= 0.6 is 0 Å². The summed E-state index contributed by atoms with van der Waals surface area (Å²) in [5, 5.41) is 0. The maximum Gasteiger partial charge on any atom is 0.410 e. The molecule has 0 saturated carbocycles. The molecule has 5 nitrogen and oxygen atoms in total. The van der Waals surface area contributed by atoms with E-state index in [2.05, 4.69) is 0 Å². The highest BCUT2D eigenvalue weighted by Gasteiger charge is 2.39. The molecule has 2 amide bonds. The smallest absolute Gasteiger partial charge is 0.410 e. The highest BCUT2D eigenvalue weighted by molar-refractivity contribution is 5.94. The Bertz CT molecular complexity index is 624. The summed E-state index contributed by atoms with van der Waals surface area (Å²) in [6, 6.07) is 9.73. The Labute approximate surface area is 149 Å². The van der Waals surface area contributed by atoms with Gasteiger partial charge in [-0.3, -0.25) is 4.79 Å². The summed E-state index contributed by atoms with van der Waals surface area (Å²) in [4.78, 5) is 29.4. The van der Waals surface area contributed by atoms with Crippen LogP contribution in [0, 0.1) is 0 Å². The number of hydrogen-bond acceptors (Lipinski definition) is 3. The Morgan fingerprint density at radius 1 is 1.04 bits per heavy atom. The van der Waals surface area contributed by atoms with Crippen molar-refractivity contribution in [3.8, 4) is 0 Å². The fourth-order valence-electron chi connectivity index (χ4n) is 3.83. The van der Waals surface area contributed by atoms with Gasteiger partial charge in [0.2, 0.25) is 0 Å². The van der Waals surface area contributed by atoms with Gasteiger partial charge >= 0.3 is 6.09 Å². The standard InChI is InChI=1S/C20H28N2O3/c1-20(2,3)25-19(24)21-13-12-16-10-7-11-17(14-21)22(16)18(23)15-8-5-4-6-9-15/h4-6,8-9,16-17H,7,10-14H2,1-3H3/t16-,17+/m0/s1. The van der Waals surface area contributed by atoms with Crippen molar-refractivity contribution >= 4 is 12.0 Å². The lowest BCUT2D eigenvalue weighted by molar-refractivity contribution is 0.0205. The van der Waals surface area contributed by atoms with Crippen LogP contribution in [0.5, 0.6) is 0 Å². The zero-order valence-electron chi connectivity index (χ0n) is 15.4. The quantitative estimate of drug-likeness (QED) is 0.781. The topological polar surface area (TPSA) is 49.9 Å². The minimum Gasteiger partial charge on any atom is -0.444 e. The maximum absolute atomic E-state index is 13.1. The first kappa shape index (κ1) is 17.8. The summed E-state index contributed by atoms with van der Waals surface area (Å²) in [6.07, 6.45) is 3.60. The van der Waals surface area contributed by atoms with Crippen molar-refractivity contribution < 1.29 is 14.3 Å². The second-order valence-electron chi connectivity index (χ2n) is 8.03. The monoisotopic (exact) mass is 344 g/mol. The first-order valence-electron chi connectivity index (χ1n) is 9.21. The van der Waals surface area contributed by atoms with E-state index in [1.807, 2.05) is 56.0 Å². The Kier molecular flexibility index (Phi) is 5.02. The SMILES string of the molecule is CC(C)(C)OC(=O)N1CC[C@@H]2CCC[C@H](C1)N2C(=O)c1ccccc1. The fraction of sp³-hybridized carbons (Fsp3) is 0.600. The van der Waals surface area contributed by atoms with E-state index in [-0.39, 0.29) is 24.1 Å². The number of carbonyl (C=O) groups is 2. The first-order valence-corrected chi connectivity index (χ1v) is 9.21. The molecule has 0 radical (unpaired) electrons. The molecule has 0 aliphatic carbocycles. The van der Waals surface area contributed by atoms with E-state index in [4.69, 9.17) is 4.74 Å². The van der Waals surface area contributed by atoms with Crippen LogP contribution in [0.3, 0.4) is 0 Å². The molecule has 2 heterocycles. The average molecular weight is 344 g/mol. The van der Waals surface area contributed by atoms with E-state index in [0.717, 1.165) is 31.2 Å². The zero-order valence-corrected chi connectivity index (χ0v) is 15.4. The second kappa shape index (κ2) is 7.06. The van der Waals surface area contributed by atoms with Crippen molar-refractivity contribution in [2.24, 2.45) is 0 Å². The number of ether oxygens (including phenoxy) is 1. The lowest BCUT2D eigenvalue weighted by atomic mass is 9.93. The van der Waals surface area contributed by atoms with Gasteiger partial charge in [0.25, 0.3) is 5.91 Å².